The Balaban J connectivity index is 1.71. The Morgan fingerprint density at radius 1 is 0.742 bits per heavy atom. The average Bonchev–Trinajstić information content (AvgIpc) is 3.15. The van der Waals surface area contributed by atoms with Crippen LogP contribution in [-0.2, 0) is 11.4 Å². The highest BCUT2D eigenvalue weighted by molar-refractivity contribution is 6.17. The molecule has 148 valence electrons. The summed E-state index contributed by atoms with van der Waals surface area (Å²) in [5.41, 5.74) is 0.494. The highest BCUT2D eigenvalue weighted by atomic mass is 16.7. The molecule has 2 aliphatic rings. The van der Waals surface area contributed by atoms with Crippen LogP contribution in [0.3, 0.4) is 0 Å². The number of ketones is 1. The maximum Gasteiger partial charge on any atom is 0.276 e. The smallest absolute Gasteiger partial charge is 0.276 e. The summed E-state index contributed by atoms with van der Waals surface area (Å²) in [6, 6.07) is 21.4. The molecule has 0 amide bonds. The number of hydrogen-bond donors (Lipinski definition) is 2. The van der Waals surface area contributed by atoms with Crippen LogP contribution in [0, 0.1) is 0 Å². The van der Waals surface area contributed by atoms with Crippen LogP contribution in [0.2, 0.25) is 0 Å². The van der Waals surface area contributed by atoms with Gasteiger partial charge in [-0.1, -0.05) is 60.7 Å². The second-order valence-corrected chi connectivity index (χ2v) is 7.99. The number of para-hydroxylation sites is 2. The van der Waals surface area contributed by atoms with Gasteiger partial charge >= 0.3 is 0 Å². The molecular formula is C25H14N2O4. The normalized spacial score (nSPS) is 23.7. The third-order valence-electron chi connectivity index (χ3n) is 6.43. The van der Waals surface area contributed by atoms with Gasteiger partial charge in [0.1, 0.15) is 11.3 Å². The van der Waals surface area contributed by atoms with Gasteiger partial charge in [0.2, 0.25) is 11.4 Å². The Hall–Kier alpha value is -3.87. The summed E-state index contributed by atoms with van der Waals surface area (Å²) in [4.78, 5) is 23.0. The van der Waals surface area contributed by atoms with Crippen LogP contribution in [0.1, 0.15) is 21.5 Å². The topological polar surface area (TPSA) is 92.5 Å². The molecule has 0 unspecified atom stereocenters. The van der Waals surface area contributed by atoms with Crippen LogP contribution in [0.25, 0.3) is 32.8 Å². The molecule has 2 heterocycles. The number of hydrogen-bond acceptors (Lipinski definition) is 6. The van der Waals surface area contributed by atoms with Gasteiger partial charge in [0, 0.05) is 21.9 Å². The molecule has 0 spiro atoms. The highest BCUT2D eigenvalue weighted by Crippen LogP contribution is 2.61. The van der Waals surface area contributed by atoms with Crippen LogP contribution in [0.5, 0.6) is 5.75 Å². The van der Waals surface area contributed by atoms with Crippen molar-refractivity contribution in [2.24, 2.45) is 0 Å². The van der Waals surface area contributed by atoms with Gasteiger partial charge in [0.25, 0.3) is 5.79 Å². The number of benzene rings is 4. The Bertz CT molecular complexity index is 1630. The van der Waals surface area contributed by atoms with Crippen LogP contribution in [0.4, 0.5) is 0 Å². The molecule has 0 fully saturated rings. The molecule has 7 rings (SSSR count). The van der Waals surface area contributed by atoms with Gasteiger partial charge in [0.15, 0.2) is 0 Å². The second kappa shape index (κ2) is 5.24. The summed E-state index contributed by atoms with van der Waals surface area (Å²) in [6.45, 7) is 0. The first kappa shape index (κ1) is 16.9. The van der Waals surface area contributed by atoms with Crippen LogP contribution in [-0.4, -0.2) is 26.0 Å². The average molecular weight is 406 g/mol. The first-order chi connectivity index (χ1) is 15.0. The van der Waals surface area contributed by atoms with Gasteiger partial charge in [-0.25, -0.2) is 9.97 Å². The number of Topliss-reactive ketones (excluding diaryl/α,β-unsaturated/α-hetero) is 1. The van der Waals surface area contributed by atoms with E-state index >= 15 is 0 Å². The quantitative estimate of drug-likeness (QED) is 0.302. The van der Waals surface area contributed by atoms with E-state index in [0.717, 1.165) is 5.39 Å². The third-order valence-corrected chi connectivity index (χ3v) is 6.43. The summed E-state index contributed by atoms with van der Waals surface area (Å²) in [5, 5.41) is 24.9. The Morgan fingerprint density at radius 2 is 1.35 bits per heavy atom. The molecule has 4 aromatic carbocycles. The minimum Gasteiger partial charge on any atom is -0.453 e. The SMILES string of the molecule is O=C1c2ccccc2[C@]2(O)Oc3c(c4nc5ccccc5nc4c4ccccc34)[C@]12O. The summed E-state index contributed by atoms with van der Waals surface area (Å²) in [6.07, 6.45) is 0. The van der Waals surface area contributed by atoms with E-state index in [2.05, 4.69) is 0 Å². The van der Waals surface area contributed by atoms with Gasteiger partial charge in [-0.2, -0.15) is 0 Å². The van der Waals surface area contributed by atoms with Crippen molar-refractivity contribution in [1.29, 1.82) is 0 Å². The number of fused-ring (bicyclic) bond motifs is 11. The number of carbonyl (C=O) groups is 1. The zero-order chi connectivity index (χ0) is 21.0. The van der Waals surface area contributed by atoms with E-state index in [4.69, 9.17) is 14.7 Å². The van der Waals surface area contributed by atoms with Gasteiger partial charge in [-0.05, 0) is 12.1 Å². The first-order valence-corrected chi connectivity index (χ1v) is 9.94. The van der Waals surface area contributed by atoms with Crippen molar-refractivity contribution in [2.75, 3.05) is 0 Å². The Labute approximate surface area is 175 Å². The van der Waals surface area contributed by atoms with Crippen molar-refractivity contribution < 1.29 is 19.7 Å². The molecule has 6 nitrogen and oxygen atoms in total. The maximum absolute atomic E-state index is 13.5. The van der Waals surface area contributed by atoms with Crippen LogP contribution in [0.15, 0.2) is 72.8 Å². The molecule has 1 aliphatic heterocycles. The molecule has 0 bridgehead atoms. The van der Waals surface area contributed by atoms with Gasteiger partial charge in [0.05, 0.1) is 22.1 Å². The Kier molecular flexibility index (Phi) is 2.85. The number of ether oxygens (including phenoxy) is 1. The maximum atomic E-state index is 13.5. The number of aliphatic hydroxyl groups is 2. The lowest BCUT2D eigenvalue weighted by atomic mass is 9.85. The van der Waals surface area contributed by atoms with Crippen molar-refractivity contribution in [2.45, 2.75) is 11.4 Å². The van der Waals surface area contributed by atoms with Crippen molar-refractivity contribution in [3.05, 3.63) is 89.5 Å². The molecule has 1 aliphatic carbocycles. The third kappa shape index (κ3) is 1.75. The fourth-order valence-corrected chi connectivity index (χ4v) is 5.01. The van der Waals surface area contributed by atoms with Crippen LogP contribution >= 0.6 is 0 Å². The lowest BCUT2D eigenvalue weighted by molar-refractivity contribution is -0.224. The van der Waals surface area contributed by atoms with E-state index < -0.39 is 17.2 Å². The first-order valence-electron chi connectivity index (χ1n) is 9.94. The van der Waals surface area contributed by atoms with Gasteiger partial charge in [-0.15, -0.1) is 0 Å². The fraction of sp³-hybridized carbons (Fsp3) is 0.0800. The predicted molar refractivity (Wildman–Crippen MR) is 114 cm³/mol. The number of carbonyl (C=O) groups excluding carboxylic acids is 1. The Morgan fingerprint density at radius 3 is 2.13 bits per heavy atom. The zero-order valence-corrected chi connectivity index (χ0v) is 16.0. The molecule has 0 saturated heterocycles. The van der Waals surface area contributed by atoms with Gasteiger partial charge < -0.3 is 14.9 Å². The van der Waals surface area contributed by atoms with Crippen molar-refractivity contribution in [3.63, 3.8) is 0 Å². The zero-order valence-electron chi connectivity index (χ0n) is 16.0. The second-order valence-electron chi connectivity index (χ2n) is 7.99. The van der Waals surface area contributed by atoms with E-state index in [0.29, 0.717) is 27.5 Å². The number of rotatable bonds is 0. The van der Waals surface area contributed by atoms with E-state index in [1.165, 1.54) is 0 Å². The van der Waals surface area contributed by atoms with Crippen LogP contribution < -0.4 is 4.74 Å². The van der Waals surface area contributed by atoms with E-state index in [-0.39, 0.29) is 22.4 Å². The molecule has 31 heavy (non-hydrogen) atoms. The lowest BCUT2D eigenvalue weighted by Crippen LogP contribution is -2.48. The predicted octanol–water partition coefficient (Wildman–Crippen LogP) is 3.56. The number of nitrogens with zero attached hydrogens (tertiary/aromatic N) is 2. The molecule has 0 saturated carbocycles. The molecular weight excluding hydrogens is 392 g/mol. The van der Waals surface area contributed by atoms with Gasteiger partial charge in [-0.3, -0.25) is 4.79 Å². The summed E-state index contributed by atoms with van der Waals surface area (Å²) >= 11 is 0. The van der Waals surface area contributed by atoms with E-state index in [1.807, 2.05) is 48.5 Å². The number of aromatic nitrogens is 2. The molecule has 2 atom stereocenters. The molecule has 2 N–H and O–H groups in total. The minimum atomic E-state index is -2.33. The van der Waals surface area contributed by atoms with Crippen molar-refractivity contribution in [1.82, 2.24) is 9.97 Å². The van der Waals surface area contributed by atoms with E-state index in [9.17, 15) is 15.0 Å². The standard InChI is InChI=1S/C25H14N2O4/c28-23-15-9-3-4-10-16(15)25(30)24(23,29)19-21-20(26-17-11-5-6-12-18(17)27-21)13-7-1-2-8-14(13)22(19)31-25/h1-12,29-30H/t24-,25-/m0/s1. The molecule has 0 radical (unpaired) electrons. The summed E-state index contributed by atoms with van der Waals surface area (Å²) < 4.78 is 6.07. The monoisotopic (exact) mass is 406 g/mol. The van der Waals surface area contributed by atoms with Crippen molar-refractivity contribution in [3.8, 4) is 5.75 Å². The molecule has 5 aromatic rings. The van der Waals surface area contributed by atoms with E-state index in [1.54, 1.807) is 24.3 Å². The fourth-order valence-electron chi connectivity index (χ4n) is 5.01. The minimum absolute atomic E-state index is 0.156. The molecule has 1 aromatic heterocycles. The summed E-state index contributed by atoms with van der Waals surface area (Å²) in [5.74, 6) is -2.61. The highest BCUT2D eigenvalue weighted by Gasteiger charge is 2.71. The summed E-state index contributed by atoms with van der Waals surface area (Å²) in [7, 11) is 0. The largest absolute Gasteiger partial charge is 0.453 e. The molecule has 6 heteroatoms. The van der Waals surface area contributed by atoms with Crippen molar-refractivity contribution >= 4 is 38.6 Å². The lowest BCUT2D eigenvalue weighted by Gasteiger charge is -2.28.